The number of nitrogen functional groups attached to an aromatic ring is 1. The molecule has 0 aliphatic heterocycles. The molecule has 0 spiro atoms. The van der Waals surface area contributed by atoms with Crippen molar-refractivity contribution in [3.8, 4) is 0 Å². The molecule has 1 heterocycles. The molecule has 0 radical (unpaired) electrons. The zero-order valence-electron chi connectivity index (χ0n) is 10.4. The normalized spacial score (nSPS) is 12.1. The van der Waals surface area contributed by atoms with Gasteiger partial charge in [0.25, 0.3) is 0 Å². The molecule has 2 rings (SSSR count). The summed E-state index contributed by atoms with van der Waals surface area (Å²) in [5.74, 6) is 0.286. The number of aromatic nitrogens is 2. The van der Waals surface area contributed by atoms with Crippen molar-refractivity contribution in [1.29, 1.82) is 0 Å². The van der Waals surface area contributed by atoms with E-state index in [1.807, 2.05) is 31.2 Å². The van der Waals surface area contributed by atoms with Gasteiger partial charge in [-0.1, -0.05) is 12.1 Å². The van der Waals surface area contributed by atoms with E-state index >= 15 is 0 Å². The number of benzene rings is 1. The van der Waals surface area contributed by atoms with Crippen LogP contribution in [-0.2, 0) is 4.79 Å². The first kappa shape index (κ1) is 12.2. The molecular weight excluding hydrogens is 228 g/mol. The molecule has 1 unspecified atom stereocenters. The lowest BCUT2D eigenvalue weighted by atomic mass is 10.2. The fraction of sp³-hybridized carbons (Fsp3) is 0.231. The fourth-order valence-electron chi connectivity index (χ4n) is 1.66. The molecule has 5 nitrogen and oxygen atoms in total. The molecule has 2 aromatic rings. The van der Waals surface area contributed by atoms with Crippen molar-refractivity contribution in [2.75, 3.05) is 11.1 Å². The van der Waals surface area contributed by atoms with Gasteiger partial charge < -0.3 is 11.1 Å². The first-order valence-electron chi connectivity index (χ1n) is 5.74. The van der Waals surface area contributed by atoms with Crippen LogP contribution in [0.2, 0.25) is 0 Å². The van der Waals surface area contributed by atoms with E-state index < -0.39 is 6.04 Å². The predicted octanol–water partition coefficient (Wildman–Crippen LogP) is 1.97. The summed E-state index contributed by atoms with van der Waals surface area (Å²) in [6, 6.07) is 8.92. The van der Waals surface area contributed by atoms with E-state index in [9.17, 15) is 4.79 Å². The minimum Gasteiger partial charge on any atom is -0.382 e. The molecule has 0 saturated heterocycles. The van der Waals surface area contributed by atoms with Crippen molar-refractivity contribution < 1.29 is 4.79 Å². The summed E-state index contributed by atoms with van der Waals surface area (Å²) in [4.78, 5) is 12.0. The van der Waals surface area contributed by atoms with E-state index in [1.165, 1.54) is 0 Å². The van der Waals surface area contributed by atoms with Crippen LogP contribution in [-0.4, -0.2) is 15.7 Å². The number of amides is 1. The Morgan fingerprint density at radius 2 is 2.22 bits per heavy atom. The lowest BCUT2D eigenvalue weighted by molar-refractivity contribution is -0.119. The highest BCUT2D eigenvalue weighted by Gasteiger charge is 2.15. The van der Waals surface area contributed by atoms with Gasteiger partial charge in [-0.3, -0.25) is 9.48 Å². The van der Waals surface area contributed by atoms with Crippen molar-refractivity contribution >= 4 is 17.4 Å². The van der Waals surface area contributed by atoms with E-state index in [-0.39, 0.29) is 5.91 Å². The Bertz CT molecular complexity index is 562. The summed E-state index contributed by atoms with van der Waals surface area (Å²) >= 11 is 0. The SMILES string of the molecule is Cc1cccc(NC(=O)C(C)n2ccc(N)n2)c1. The van der Waals surface area contributed by atoms with Crippen LogP contribution < -0.4 is 11.1 Å². The molecule has 1 atom stereocenters. The van der Waals surface area contributed by atoms with Gasteiger partial charge in [0.2, 0.25) is 5.91 Å². The van der Waals surface area contributed by atoms with Crippen LogP contribution in [0.15, 0.2) is 36.5 Å². The minimum atomic E-state index is -0.400. The maximum absolute atomic E-state index is 12.0. The predicted molar refractivity (Wildman–Crippen MR) is 71.2 cm³/mol. The second-order valence-corrected chi connectivity index (χ2v) is 4.26. The zero-order chi connectivity index (χ0) is 13.1. The molecular formula is C13H16N4O. The monoisotopic (exact) mass is 244 g/mol. The van der Waals surface area contributed by atoms with E-state index in [1.54, 1.807) is 23.9 Å². The van der Waals surface area contributed by atoms with Crippen LogP contribution in [0, 0.1) is 6.92 Å². The second-order valence-electron chi connectivity index (χ2n) is 4.26. The number of anilines is 2. The van der Waals surface area contributed by atoms with E-state index in [2.05, 4.69) is 10.4 Å². The third kappa shape index (κ3) is 2.68. The van der Waals surface area contributed by atoms with Gasteiger partial charge in [0, 0.05) is 11.9 Å². The molecule has 1 aromatic carbocycles. The van der Waals surface area contributed by atoms with Crippen LogP contribution in [0.5, 0.6) is 0 Å². The van der Waals surface area contributed by atoms with E-state index in [4.69, 9.17) is 5.73 Å². The third-order valence-electron chi connectivity index (χ3n) is 2.69. The first-order chi connectivity index (χ1) is 8.56. The summed E-state index contributed by atoms with van der Waals surface area (Å²) in [6.45, 7) is 3.75. The number of hydrogen-bond acceptors (Lipinski definition) is 3. The van der Waals surface area contributed by atoms with Crippen LogP contribution in [0.25, 0.3) is 0 Å². The highest BCUT2D eigenvalue weighted by molar-refractivity contribution is 5.93. The Morgan fingerprint density at radius 3 is 2.83 bits per heavy atom. The molecule has 0 bridgehead atoms. The molecule has 0 aliphatic rings. The number of hydrogen-bond donors (Lipinski definition) is 2. The standard InChI is InChI=1S/C13H16N4O/c1-9-4-3-5-11(8-9)15-13(18)10(2)17-7-6-12(14)16-17/h3-8,10H,1-2H3,(H2,14,16)(H,15,18). The maximum Gasteiger partial charge on any atom is 0.248 e. The average Bonchev–Trinajstić information content (AvgIpc) is 2.75. The van der Waals surface area contributed by atoms with Crippen molar-refractivity contribution in [1.82, 2.24) is 9.78 Å². The molecule has 1 amide bonds. The van der Waals surface area contributed by atoms with Crippen molar-refractivity contribution in [3.63, 3.8) is 0 Å². The summed E-state index contributed by atoms with van der Waals surface area (Å²) in [6.07, 6.45) is 1.69. The molecule has 18 heavy (non-hydrogen) atoms. The fourth-order valence-corrected chi connectivity index (χ4v) is 1.66. The summed E-state index contributed by atoms with van der Waals surface area (Å²) in [7, 11) is 0. The molecule has 0 aliphatic carbocycles. The van der Waals surface area contributed by atoms with Gasteiger partial charge in [-0.05, 0) is 37.6 Å². The van der Waals surface area contributed by atoms with Crippen molar-refractivity contribution in [3.05, 3.63) is 42.1 Å². The Balaban J connectivity index is 2.08. The molecule has 3 N–H and O–H groups in total. The van der Waals surface area contributed by atoms with Gasteiger partial charge in [-0.25, -0.2) is 0 Å². The van der Waals surface area contributed by atoms with Crippen LogP contribution in [0.3, 0.4) is 0 Å². The number of nitrogens with one attached hydrogen (secondary N) is 1. The Labute approximate surface area is 106 Å². The smallest absolute Gasteiger partial charge is 0.248 e. The van der Waals surface area contributed by atoms with Gasteiger partial charge in [0.1, 0.15) is 11.9 Å². The van der Waals surface area contributed by atoms with Crippen LogP contribution in [0.1, 0.15) is 18.5 Å². The number of carbonyl (C=O) groups excluding carboxylic acids is 1. The van der Waals surface area contributed by atoms with Gasteiger partial charge in [0.05, 0.1) is 0 Å². The molecule has 1 aromatic heterocycles. The largest absolute Gasteiger partial charge is 0.382 e. The number of aryl methyl sites for hydroxylation is 1. The lowest BCUT2D eigenvalue weighted by Gasteiger charge is -2.12. The van der Waals surface area contributed by atoms with Crippen molar-refractivity contribution in [2.45, 2.75) is 19.9 Å². The minimum absolute atomic E-state index is 0.122. The lowest BCUT2D eigenvalue weighted by Crippen LogP contribution is -2.24. The highest BCUT2D eigenvalue weighted by Crippen LogP contribution is 2.13. The summed E-state index contributed by atoms with van der Waals surface area (Å²) in [5, 5.41) is 6.87. The van der Waals surface area contributed by atoms with Crippen LogP contribution in [0.4, 0.5) is 11.5 Å². The Hall–Kier alpha value is -2.30. The quantitative estimate of drug-likeness (QED) is 0.867. The highest BCUT2D eigenvalue weighted by atomic mass is 16.2. The second kappa shape index (κ2) is 4.91. The number of carbonyl (C=O) groups is 1. The third-order valence-corrected chi connectivity index (χ3v) is 2.69. The van der Waals surface area contributed by atoms with Gasteiger partial charge in [0.15, 0.2) is 0 Å². The molecule has 0 fully saturated rings. The Morgan fingerprint density at radius 1 is 1.44 bits per heavy atom. The molecule has 5 heteroatoms. The van der Waals surface area contributed by atoms with Gasteiger partial charge >= 0.3 is 0 Å². The van der Waals surface area contributed by atoms with E-state index in [0.29, 0.717) is 5.82 Å². The van der Waals surface area contributed by atoms with Gasteiger partial charge in [-0.15, -0.1) is 0 Å². The number of rotatable bonds is 3. The number of nitrogens with zero attached hydrogens (tertiary/aromatic N) is 2. The zero-order valence-corrected chi connectivity index (χ0v) is 10.4. The van der Waals surface area contributed by atoms with Crippen molar-refractivity contribution in [2.24, 2.45) is 0 Å². The first-order valence-corrected chi connectivity index (χ1v) is 5.74. The Kier molecular flexibility index (Phi) is 3.32. The maximum atomic E-state index is 12.0. The van der Waals surface area contributed by atoms with E-state index in [0.717, 1.165) is 11.3 Å². The van der Waals surface area contributed by atoms with Gasteiger partial charge in [-0.2, -0.15) is 5.10 Å². The summed E-state index contributed by atoms with van der Waals surface area (Å²) in [5.41, 5.74) is 7.41. The molecule has 94 valence electrons. The number of nitrogens with two attached hydrogens (primary N) is 1. The van der Waals surface area contributed by atoms with Crippen LogP contribution >= 0.6 is 0 Å². The average molecular weight is 244 g/mol. The topological polar surface area (TPSA) is 72.9 Å². The summed E-state index contributed by atoms with van der Waals surface area (Å²) < 4.78 is 1.54. The molecule has 0 saturated carbocycles.